The Bertz CT molecular complexity index is 1080. The fourth-order valence-electron chi connectivity index (χ4n) is 5.36. The molecule has 0 bridgehead atoms. The van der Waals surface area contributed by atoms with Crippen LogP contribution in [0, 0.1) is 0 Å². The van der Waals surface area contributed by atoms with Gasteiger partial charge in [0.2, 0.25) is 0 Å². The van der Waals surface area contributed by atoms with Crippen molar-refractivity contribution in [2.75, 3.05) is 36.8 Å². The first-order chi connectivity index (χ1) is 18.7. The van der Waals surface area contributed by atoms with Crippen LogP contribution in [0.1, 0.15) is 113 Å². The van der Waals surface area contributed by atoms with Gasteiger partial charge >= 0.3 is 0 Å². The molecule has 212 valence electrons. The number of hydrogen-bond acceptors (Lipinski definition) is 4. The van der Waals surface area contributed by atoms with Gasteiger partial charge in [0.1, 0.15) is 0 Å². The lowest BCUT2D eigenvalue weighted by molar-refractivity contribution is 0.271. The number of anilines is 2. The van der Waals surface area contributed by atoms with Gasteiger partial charge in [-0.1, -0.05) is 97.9 Å². The third kappa shape index (κ3) is 8.83. The molecule has 39 heavy (non-hydrogen) atoms. The van der Waals surface area contributed by atoms with Crippen molar-refractivity contribution in [3.05, 3.63) is 88.7 Å². The third-order valence-corrected chi connectivity index (χ3v) is 7.54. The van der Waals surface area contributed by atoms with Gasteiger partial charge in [-0.15, -0.1) is 0 Å². The van der Waals surface area contributed by atoms with E-state index in [2.05, 4.69) is 124 Å². The fraction of sp³-hybridized carbons (Fsp3) is 0.514. The molecule has 0 fully saturated rings. The Kier molecular flexibility index (Phi) is 11.9. The molecular formula is C35H52N4. The molecule has 0 radical (unpaired) electrons. The normalized spacial score (nSPS) is 11.8. The molecule has 2 aromatic carbocycles. The Morgan fingerprint density at radius 1 is 0.590 bits per heavy atom. The van der Waals surface area contributed by atoms with E-state index in [9.17, 15) is 0 Å². The molecule has 0 atom stereocenters. The molecule has 2 N–H and O–H groups in total. The maximum Gasteiger partial charge on any atom is 0.0543 e. The van der Waals surface area contributed by atoms with Crippen LogP contribution in [-0.2, 0) is 6.54 Å². The third-order valence-electron chi connectivity index (χ3n) is 7.54. The average Bonchev–Trinajstić information content (AvgIpc) is 2.90. The van der Waals surface area contributed by atoms with E-state index in [1.165, 1.54) is 33.6 Å². The number of para-hydroxylation sites is 2. The summed E-state index contributed by atoms with van der Waals surface area (Å²) in [6, 6.07) is 19.7. The number of nitrogens with zero attached hydrogens (tertiary/aromatic N) is 2. The molecule has 0 aliphatic carbocycles. The van der Waals surface area contributed by atoms with Crippen molar-refractivity contribution in [3.8, 4) is 0 Å². The SMILES string of the molecule is CC(C)c1cccc(C(C)C)c1NCCCN(CCNc1c(C(C)C)cccc1C(C)C)Cc1ccccn1. The molecule has 0 unspecified atom stereocenters. The number of benzene rings is 2. The van der Waals surface area contributed by atoms with Crippen molar-refractivity contribution in [2.24, 2.45) is 0 Å². The van der Waals surface area contributed by atoms with E-state index in [1.807, 2.05) is 12.3 Å². The molecular weight excluding hydrogens is 476 g/mol. The second kappa shape index (κ2) is 15.1. The van der Waals surface area contributed by atoms with Gasteiger partial charge < -0.3 is 10.6 Å². The maximum absolute atomic E-state index is 4.62. The van der Waals surface area contributed by atoms with Crippen LogP contribution in [0.4, 0.5) is 11.4 Å². The van der Waals surface area contributed by atoms with Crippen LogP contribution in [0.15, 0.2) is 60.8 Å². The zero-order chi connectivity index (χ0) is 28.4. The summed E-state index contributed by atoms with van der Waals surface area (Å²) in [6.07, 6.45) is 2.98. The Hall–Kier alpha value is -2.85. The lowest BCUT2D eigenvalue weighted by atomic mass is 9.92. The van der Waals surface area contributed by atoms with Gasteiger partial charge in [-0.2, -0.15) is 0 Å². The van der Waals surface area contributed by atoms with Gasteiger partial charge in [0, 0.05) is 50.3 Å². The number of aromatic nitrogens is 1. The standard InChI is InChI=1S/C35H52N4/c1-25(2)30-15-11-16-31(26(3)4)34(30)37-20-13-22-39(24-29-14-9-10-19-36-29)23-21-38-35-32(27(5)6)17-12-18-33(35)28(7)8/h9-12,14-19,25-28,37-38H,13,20-24H2,1-8H3. The first kappa shape index (κ1) is 30.7. The van der Waals surface area contributed by atoms with E-state index < -0.39 is 0 Å². The number of hydrogen-bond donors (Lipinski definition) is 2. The highest BCUT2D eigenvalue weighted by molar-refractivity contribution is 5.61. The number of pyridine rings is 1. The highest BCUT2D eigenvalue weighted by Crippen LogP contribution is 2.33. The van der Waals surface area contributed by atoms with Crippen LogP contribution in [-0.4, -0.2) is 36.1 Å². The van der Waals surface area contributed by atoms with Crippen LogP contribution in [0.2, 0.25) is 0 Å². The highest BCUT2D eigenvalue weighted by Gasteiger charge is 2.16. The minimum absolute atomic E-state index is 0.492. The molecule has 1 heterocycles. The maximum atomic E-state index is 4.62. The summed E-state index contributed by atoms with van der Waals surface area (Å²) in [7, 11) is 0. The highest BCUT2D eigenvalue weighted by atomic mass is 15.1. The Balaban J connectivity index is 1.67. The molecule has 0 saturated carbocycles. The lowest BCUT2D eigenvalue weighted by Gasteiger charge is -2.26. The monoisotopic (exact) mass is 528 g/mol. The molecule has 1 aromatic heterocycles. The minimum atomic E-state index is 0.492. The summed E-state index contributed by atoms with van der Waals surface area (Å²) < 4.78 is 0. The van der Waals surface area contributed by atoms with Gasteiger partial charge in [-0.25, -0.2) is 0 Å². The molecule has 0 amide bonds. The molecule has 4 heteroatoms. The van der Waals surface area contributed by atoms with Crippen LogP contribution in [0.25, 0.3) is 0 Å². The molecule has 4 nitrogen and oxygen atoms in total. The Labute approximate surface area is 238 Å². The smallest absolute Gasteiger partial charge is 0.0543 e. The topological polar surface area (TPSA) is 40.2 Å². The van der Waals surface area contributed by atoms with E-state index in [4.69, 9.17) is 0 Å². The minimum Gasteiger partial charge on any atom is -0.385 e. The van der Waals surface area contributed by atoms with E-state index in [1.54, 1.807) is 0 Å². The van der Waals surface area contributed by atoms with Gasteiger partial charge in [0.15, 0.2) is 0 Å². The van der Waals surface area contributed by atoms with Gasteiger partial charge in [0.25, 0.3) is 0 Å². The second-order valence-electron chi connectivity index (χ2n) is 12.0. The summed E-state index contributed by atoms with van der Waals surface area (Å²) in [5, 5.41) is 7.67. The summed E-state index contributed by atoms with van der Waals surface area (Å²) in [4.78, 5) is 7.16. The molecule has 0 spiro atoms. The van der Waals surface area contributed by atoms with E-state index in [0.717, 1.165) is 44.8 Å². The Morgan fingerprint density at radius 3 is 1.51 bits per heavy atom. The van der Waals surface area contributed by atoms with Gasteiger partial charge in [-0.3, -0.25) is 9.88 Å². The summed E-state index contributed by atoms with van der Waals surface area (Å²) in [5.41, 5.74) is 9.45. The van der Waals surface area contributed by atoms with Crippen LogP contribution >= 0.6 is 0 Å². The first-order valence-corrected chi connectivity index (χ1v) is 15.0. The zero-order valence-corrected chi connectivity index (χ0v) is 25.7. The van der Waals surface area contributed by atoms with Gasteiger partial charge in [-0.05, 0) is 64.5 Å². The van der Waals surface area contributed by atoms with E-state index in [0.29, 0.717) is 23.7 Å². The predicted octanol–water partition coefficient (Wildman–Crippen LogP) is 8.99. The quantitative estimate of drug-likeness (QED) is 0.193. The zero-order valence-electron chi connectivity index (χ0n) is 25.7. The van der Waals surface area contributed by atoms with Crippen LogP contribution < -0.4 is 10.6 Å². The largest absolute Gasteiger partial charge is 0.385 e. The number of rotatable bonds is 15. The van der Waals surface area contributed by atoms with Crippen molar-refractivity contribution >= 4 is 11.4 Å². The van der Waals surface area contributed by atoms with E-state index >= 15 is 0 Å². The molecule has 0 saturated heterocycles. The molecule has 0 aliphatic heterocycles. The van der Waals surface area contributed by atoms with Crippen LogP contribution in [0.5, 0.6) is 0 Å². The van der Waals surface area contributed by atoms with E-state index in [-0.39, 0.29) is 0 Å². The Morgan fingerprint density at radius 2 is 1.08 bits per heavy atom. The molecule has 3 aromatic rings. The summed E-state index contributed by atoms with van der Waals surface area (Å²) in [5.74, 6) is 1.99. The fourth-order valence-corrected chi connectivity index (χ4v) is 5.36. The average molecular weight is 529 g/mol. The molecule has 3 rings (SSSR count). The number of nitrogens with one attached hydrogen (secondary N) is 2. The van der Waals surface area contributed by atoms with Gasteiger partial charge in [0.05, 0.1) is 5.69 Å². The second-order valence-corrected chi connectivity index (χ2v) is 12.0. The van der Waals surface area contributed by atoms with Crippen molar-refractivity contribution in [2.45, 2.75) is 92.0 Å². The summed E-state index contributed by atoms with van der Waals surface area (Å²) in [6.45, 7) is 23.0. The summed E-state index contributed by atoms with van der Waals surface area (Å²) >= 11 is 0. The first-order valence-electron chi connectivity index (χ1n) is 15.0. The van der Waals surface area contributed by atoms with Crippen LogP contribution in [0.3, 0.4) is 0 Å². The predicted molar refractivity (Wildman–Crippen MR) is 170 cm³/mol. The lowest BCUT2D eigenvalue weighted by Crippen LogP contribution is -2.31. The van der Waals surface area contributed by atoms with Crippen molar-refractivity contribution in [1.29, 1.82) is 0 Å². The van der Waals surface area contributed by atoms with Crippen molar-refractivity contribution in [3.63, 3.8) is 0 Å². The molecule has 0 aliphatic rings. The van der Waals surface area contributed by atoms with Crippen molar-refractivity contribution in [1.82, 2.24) is 9.88 Å². The van der Waals surface area contributed by atoms with Crippen molar-refractivity contribution < 1.29 is 0 Å².